The van der Waals surface area contributed by atoms with Crippen LogP contribution in [0.25, 0.3) is 0 Å². The fourth-order valence-corrected chi connectivity index (χ4v) is 2.35. The Morgan fingerprint density at radius 1 is 1.50 bits per heavy atom. The molecule has 0 aliphatic heterocycles. The third-order valence-corrected chi connectivity index (χ3v) is 3.31. The van der Waals surface area contributed by atoms with Gasteiger partial charge in [0.1, 0.15) is 0 Å². The molecule has 16 heavy (non-hydrogen) atoms. The summed E-state index contributed by atoms with van der Waals surface area (Å²) < 4.78 is 0. The Kier molecular flexibility index (Phi) is 5.28. The van der Waals surface area contributed by atoms with Gasteiger partial charge in [-0.1, -0.05) is 19.4 Å². The van der Waals surface area contributed by atoms with Crippen LogP contribution < -0.4 is 0 Å². The van der Waals surface area contributed by atoms with Gasteiger partial charge in [-0.15, -0.1) is 11.8 Å². The summed E-state index contributed by atoms with van der Waals surface area (Å²) in [4.78, 5) is 11.1. The van der Waals surface area contributed by atoms with Gasteiger partial charge in [-0.25, -0.2) is 0 Å². The van der Waals surface area contributed by atoms with Crippen LogP contribution in [-0.2, 0) is 6.61 Å². The van der Waals surface area contributed by atoms with Gasteiger partial charge in [0.05, 0.1) is 16.4 Å². The summed E-state index contributed by atoms with van der Waals surface area (Å²) >= 11 is 1.50. The van der Waals surface area contributed by atoms with Crippen LogP contribution in [0.4, 0.5) is 5.69 Å². The van der Waals surface area contributed by atoms with Gasteiger partial charge in [-0.3, -0.25) is 10.1 Å². The van der Waals surface area contributed by atoms with Crippen molar-refractivity contribution < 1.29 is 10.0 Å². The zero-order chi connectivity index (χ0) is 12.0. The summed E-state index contributed by atoms with van der Waals surface area (Å²) in [5.74, 6) is 0.885. The number of benzene rings is 1. The van der Waals surface area contributed by atoms with Crippen molar-refractivity contribution >= 4 is 17.4 Å². The van der Waals surface area contributed by atoms with Gasteiger partial charge in [0.15, 0.2) is 0 Å². The van der Waals surface area contributed by atoms with Crippen molar-refractivity contribution in [1.82, 2.24) is 0 Å². The summed E-state index contributed by atoms with van der Waals surface area (Å²) in [6.45, 7) is 1.92. The van der Waals surface area contributed by atoms with Crippen LogP contribution in [0, 0.1) is 10.1 Å². The summed E-state index contributed by atoms with van der Waals surface area (Å²) in [5, 5.41) is 19.8. The van der Waals surface area contributed by atoms with Gasteiger partial charge in [-0.2, -0.15) is 0 Å². The van der Waals surface area contributed by atoms with Crippen molar-refractivity contribution in [3.05, 3.63) is 33.9 Å². The largest absolute Gasteiger partial charge is 0.392 e. The van der Waals surface area contributed by atoms with E-state index in [1.54, 1.807) is 12.1 Å². The van der Waals surface area contributed by atoms with E-state index < -0.39 is 4.92 Å². The zero-order valence-electron chi connectivity index (χ0n) is 9.18. The van der Waals surface area contributed by atoms with E-state index in [2.05, 4.69) is 6.92 Å². The molecule has 0 aliphatic rings. The lowest BCUT2D eigenvalue weighted by Gasteiger charge is -2.03. The van der Waals surface area contributed by atoms with E-state index in [4.69, 9.17) is 5.11 Å². The molecule has 5 heteroatoms. The Balaban J connectivity index is 2.85. The molecule has 0 saturated heterocycles. The molecule has 0 unspecified atom stereocenters. The number of unbranched alkanes of at least 4 members (excludes halogenated alkanes) is 1. The molecule has 0 spiro atoms. The van der Waals surface area contributed by atoms with Gasteiger partial charge in [0, 0.05) is 6.07 Å². The van der Waals surface area contributed by atoms with Crippen molar-refractivity contribution in [2.24, 2.45) is 0 Å². The average molecular weight is 241 g/mol. The van der Waals surface area contributed by atoms with Crippen LogP contribution in [0.3, 0.4) is 0 Å². The van der Waals surface area contributed by atoms with E-state index in [9.17, 15) is 10.1 Å². The summed E-state index contributed by atoms with van der Waals surface area (Å²) in [7, 11) is 0. The molecule has 88 valence electrons. The molecule has 0 aromatic heterocycles. The smallest absolute Gasteiger partial charge is 0.283 e. The first-order valence-corrected chi connectivity index (χ1v) is 6.18. The highest BCUT2D eigenvalue weighted by Crippen LogP contribution is 2.30. The molecule has 0 heterocycles. The molecule has 1 rings (SSSR count). The predicted octanol–water partition coefficient (Wildman–Crippen LogP) is 2.98. The highest BCUT2D eigenvalue weighted by Gasteiger charge is 2.14. The fraction of sp³-hybridized carbons (Fsp3) is 0.455. The monoisotopic (exact) mass is 241 g/mol. The Morgan fingerprint density at radius 3 is 2.81 bits per heavy atom. The third-order valence-electron chi connectivity index (χ3n) is 2.16. The number of hydrogen-bond donors (Lipinski definition) is 1. The van der Waals surface area contributed by atoms with Crippen LogP contribution in [0.2, 0.25) is 0 Å². The molecule has 0 radical (unpaired) electrons. The van der Waals surface area contributed by atoms with Crippen LogP contribution in [0.15, 0.2) is 23.1 Å². The maximum atomic E-state index is 10.8. The first-order chi connectivity index (χ1) is 7.69. The Labute approximate surface area is 98.8 Å². The second kappa shape index (κ2) is 6.50. The van der Waals surface area contributed by atoms with Crippen molar-refractivity contribution in [2.75, 3.05) is 5.75 Å². The van der Waals surface area contributed by atoms with Gasteiger partial charge in [0.25, 0.3) is 5.69 Å². The molecule has 0 fully saturated rings. The standard InChI is InChI=1S/C11H15NO3S/c1-2-3-6-16-11-5-4-9(8-13)7-10(11)12(14)15/h4-5,7,13H,2-3,6,8H2,1H3. The van der Waals surface area contributed by atoms with Crippen LogP contribution in [-0.4, -0.2) is 15.8 Å². The van der Waals surface area contributed by atoms with Crippen LogP contribution >= 0.6 is 11.8 Å². The number of thioether (sulfide) groups is 1. The molecule has 0 saturated carbocycles. The van der Waals surface area contributed by atoms with Crippen LogP contribution in [0.5, 0.6) is 0 Å². The number of hydrogen-bond acceptors (Lipinski definition) is 4. The highest BCUT2D eigenvalue weighted by molar-refractivity contribution is 7.99. The van der Waals surface area contributed by atoms with E-state index in [0.717, 1.165) is 18.6 Å². The minimum Gasteiger partial charge on any atom is -0.392 e. The SMILES string of the molecule is CCCCSc1ccc(CO)cc1[N+](=O)[O-]. The molecule has 1 aromatic rings. The molecule has 1 aromatic carbocycles. The molecule has 4 nitrogen and oxygen atoms in total. The van der Waals surface area contributed by atoms with E-state index in [-0.39, 0.29) is 12.3 Å². The lowest BCUT2D eigenvalue weighted by molar-refractivity contribution is -0.387. The van der Waals surface area contributed by atoms with Gasteiger partial charge in [-0.05, 0) is 23.8 Å². The van der Waals surface area contributed by atoms with Crippen molar-refractivity contribution in [1.29, 1.82) is 0 Å². The topological polar surface area (TPSA) is 63.4 Å². The molecular weight excluding hydrogens is 226 g/mol. The summed E-state index contributed by atoms with van der Waals surface area (Å²) in [6.07, 6.45) is 2.12. The maximum Gasteiger partial charge on any atom is 0.283 e. The highest BCUT2D eigenvalue weighted by atomic mass is 32.2. The quantitative estimate of drug-likeness (QED) is 0.360. The summed E-state index contributed by atoms with van der Waals surface area (Å²) in [6, 6.07) is 4.87. The molecule has 0 atom stereocenters. The zero-order valence-corrected chi connectivity index (χ0v) is 10.00. The van der Waals surface area contributed by atoms with Crippen molar-refractivity contribution in [2.45, 2.75) is 31.3 Å². The van der Waals surface area contributed by atoms with Gasteiger partial charge in [0.2, 0.25) is 0 Å². The van der Waals surface area contributed by atoms with Crippen LogP contribution in [0.1, 0.15) is 25.3 Å². The third kappa shape index (κ3) is 3.50. The van der Waals surface area contributed by atoms with E-state index in [1.165, 1.54) is 17.8 Å². The number of aliphatic hydroxyl groups is 1. The average Bonchev–Trinajstić information content (AvgIpc) is 2.29. The van der Waals surface area contributed by atoms with Gasteiger partial charge < -0.3 is 5.11 Å². The Bertz CT molecular complexity index is 368. The first kappa shape index (κ1) is 13.0. The molecule has 0 aliphatic carbocycles. The molecule has 0 amide bonds. The number of nitrogens with zero attached hydrogens (tertiary/aromatic N) is 1. The lowest BCUT2D eigenvalue weighted by Crippen LogP contribution is -1.94. The minimum atomic E-state index is -0.395. The first-order valence-electron chi connectivity index (χ1n) is 5.20. The normalized spacial score (nSPS) is 10.4. The molecule has 0 bridgehead atoms. The molecular formula is C11H15NO3S. The van der Waals surface area contributed by atoms with E-state index in [0.29, 0.717) is 10.5 Å². The summed E-state index contributed by atoms with van der Waals surface area (Å²) in [5.41, 5.74) is 0.666. The number of aliphatic hydroxyl groups excluding tert-OH is 1. The second-order valence-corrected chi connectivity index (χ2v) is 4.56. The van der Waals surface area contributed by atoms with E-state index >= 15 is 0 Å². The minimum absolute atomic E-state index is 0.0904. The van der Waals surface area contributed by atoms with Crippen molar-refractivity contribution in [3.63, 3.8) is 0 Å². The Hall–Kier alpha value is -1.07. The number of rotatable bonds is 6. The van der Waals surface area contributed by atoms with E-state index in [1.807, 2.05) is 0 Å². The number of nitro groups is 1. The van der Waals surface area contributed by atoms with Crippen molar-refractivity contribution in [3.8, 4) is 0 Å². The second-order valence-electron chi connectivity index (χ2n) is 3.42. The lowest BCUT2D eigenvalue weighted by atomic mass is 10.2. The predicted molar refractivity (Wildman–Crippen MR) is 64.7 cm³/mol. The fourth-order valence-electron chi connectivity index (χ4n) is 1.25. The van der Waals surface area contributed by atoms with Gasteiger partial charge >= 0.3 is 0 Å². The maximum absolute atomic E-state index is 10.8. The number of nitro benzene ring substituents is 1. The molecule has 1 N–H and O–H groups in total. The Morgan fingerprint density at radius 2 is 2.25 bits per heavy atom.